The quantitative estimate of drug-likeness (QED) is 0.190. The molecule has 1 aliphatic heterocycles. The van der Waals surface area contributed by atoms with Crippen LogP contribution >= 0.6 is 10.0 Å². The lowest BCUT2D eigenvalue weighted by atomic mass is 10.1. The molecule has 1 amide bonds. The molecule has 264 valence electrons. The van der Waals surface area contributed by atoms with E-state index in [-0.39, 0.29) is 17.3 Å². The minimum Gasteiger partial charge on any atom is -0.392 e. The van der Waals surface area contributed by atoms with Gasteiger partial charge in [0.2, 0.25) is 0 Å². The second-order valence-corrected chi connectivity index (χ2v) is 17.6. The minimum absolute atomic E-state index is 0.00427. The first kappa shape index (κ1) is 36.2. The number of amides is 1. The van der Waals surface area contributed by atoms with Crippen molar-refractivity contribution in [1.82, 2.24) is 39.1 Å². The number of carbonyl (C=O) groups is 1. The molecule has 0 aliphatic carbocycles. The van der Waals surface area contributed by atoms with Crippen molar-refractivity contribution < 1.29 is 27.8 Å². The lowest BCUT2D eigenvalue weighted by molar-refractivity contribution is -0.141. The van der Waals surface area contributed by atoms with Crippen molar-refractivity contribution in [3.63, 3.8) is 0 Å². The van der Waals surface area contributed by atoms with Crippen molar-refractivity contribution in [3.05, 3.63) is 60.1 Å². The molecule has 0 radical (unpaired) electrons. The van der Waals surface area contributed by atoms with Crippen molar-refractivity contribution in [2.24, 2.45) is 0 Å². The number of unbranched alkanes of at least 4 members (excludes halogenated alkanes) is 1. The van der Waals surface area contributed by atoms with Gasteiger partial charge in [-0.05, 0) is 55.4 Å². The molecule has 16 heteroatoms. The standard InChI is InChI=1S/C33H42F3N9O3S/c1-49(2,3)15-14-48-23-44-9-7-27-30(38-22-39-31(27)44)25-18-40-45(19-25)20-26(6-4-5-8-37)42-10-12-43(13-11-42)32(47)28-16-24(21-46)17-29(41-28)33(34,35)36/h7,9,16-19,22,26,46H,4-6,10-15,20-21,23H2,1-3H3/t26-/m0/s1. The van der Waals surface area contributed by atoms with E-state index in [4.69, 9.17) is 10.00 Å². The normalized spacial score (nSPS) is 15.4. The van der Waals surface area contributed by atoms with Gasteiger partial charge < -0.3 is 19.3 Å². The molecular formula is C33H42F3N9O3S. The second-order valence-electron chi connectivity index (χ2n) is 13.0. The molecule has 12 nitrogen and oxygen atoms in total. The van der Waals surface area contributed by atoms with Crippen molar-refractivity contribution in [2.75, 3.05) is 57.3 Å². The highest BCUT2D eigenvalue weighted by atomic mass is 32.3. The molecule has 5 rings (SSSR count). The third-order valence-corrected chi connectivity index (χ3v) is 9.84. The van der Waals surface area contributed by atoms with Gasteiger partial charge in [0, 0.05) is 67.7 Å². The molecule has 0 saturated carbocycles. The Balaban J connectivity index is 1.25. The monoisotopic (exact) mass is 701 g/mol. The second kappa shape index (κ2) is 15.7. The molecule has 0 unspecified atom stereocenters. The van der Waals surface area contributed by atoms with Crippen molar-refractivity contribution >= 4 is 27.0 Å². The van der Waals surface area contributed by atoms with Crippen molar-refractivity contribution in [2.45, 2.75) is 51.4 Å². The van der Waals surface area contributed by atoms with E-state index in [9.17, 15) is 23.1 Å². The number of halogens is 3. The molecular weight excluding hydrogens is 659 g/mol. The number of pyridine rings is 1. The predicted octanol–water partition coefficient (Wildman–Crippen LogP) is 4.39. The Morgan fingerprint density at radius 3 is 2.63 bits per heavy atom. The molecule has 5 heterocycles. The number of carbonyl (C=O) groups excluding carboxylic acids is 1. The van der Waals surface area contributed by atoms with Gasteiger partial charge in [-0.15, -0.1) is 0 Å². The van der Waals surface area contributed by atoms with E-state index in [1.807, 2.05) is 27.7 Å². The Kier molecular flexibility index (Phi) is 11.6. The fourth-order valence-corrected chi connectivity index (χ4v) is 6.42. The molecule has 4 aromatic rings. The topological polar surface area (TPSA) is 138 Å². The summed E-state index contributed by atoms with van der Waals surface area (Å²) in [4.78, 5) is 29.5. The summed E-state index contributed by atoms with van der Waals surface area (Å²) in [5.74, 6) is 0.418. The zero-order valence-electron chi connectivity index (χ0n) is 27.9. The highest BCUT2D eigenvalue weighted by Gasteiger charge is 2.35. The molecule has 49 heavy (non-hydrogen) atoms. The summed E-state index contributed by atoms with van der Waals surface area (Å²) >= 11 is 0. The van der Waals surface area contributed by atoms with Gasteiger partial charge in [-0.2, -0.15) is 23.5 Å². The Bertz CT molecular complexity index is 1770. The maximum atomic E-state index is 13.4. The molecule has 1 saturated heterocycles. The Labute approximate surface area is 284 Å². The minimum atomic E-state index is -4.74. The number of nitrogens with zero attached hydrogens (tertiary/aromatic N) is 9. The Morgan fingerprint density at radius 2 is 1.94 bits per heavy atom. The number of aliphatic hydroxyl groups is 1. The lowest BCUT2D eigenvalue weighted by Gasteiger charge is -2.39. The highest BCUT2D eigenvalue weighted by Crippen LogP contribution is 2.34. The molecule has 0 spiro atoms. The summed E-state index contributed by atoms with van der Waals surface area (Å²) in [6.07, 6.45) is 11.1. The van der Waals surface area contributed by atoms with Crippen molar-refractivity contribution in [3.8, 4) is 17.3 Å². The van der Waals surface area contributed by atoms with Crippen LogP contribution in [0.2, 0.25) is 0 Å². The molecule has 0 bridgehead atoms. The largest absolute Gasteiger partial charge is 0.433 e. The number of nitriles is 1. The summed E-state index contributed by atoms with van der Waals surface area (Å²) in [5.41, 5.74) is 0.792. The smallest absolute Gasteiger partial charge is 0.392 e. The third kappa shape index (κ3) is 9.35. The number of alkyl halides is 3. The van der Waals surface area contributed by atoms with E-state index in [0.717, 1.165) is 40.5 Å². The first-order chi connectivity index (χ1) is 23.4. The number of rotatable bonds is 14. The zero-order valence-corrected chi connectivity index (χ0v) is 28.8. The van der Waals surface area contributed by atoms with Gasteiger partial charge in [0.05, 0.1) is 37.7 Å². The van der Waals surface area contributed by atoms with Crippen LogP contribution in [0.15, 0.2) is 43.1 Å². The third-order valence-electron chi connectivity index (χ3n) is 8.45. The summed E-state index contributed by atoms with van der Waals surface area (Å²) in [5, 5.41) is 24.1. The summed E-state index contributed by atoms with van der Waals surface area (Å²) in [6.45, 7) is 2.54. The number of hydrogen-bond acceptors (Lipinski definition) is 9. The van der Waals surface area contributed by atoms with Crippen LogP contribution in [0.25, 0.3) is 22.3 Å². The number of aliphatic hydroxyl groups excluding tert-OH is 1. The van der Waals surface area contributed by atoms with E-state index < -0.39 is 34.4 Å². The van der Waals surface area contributed by atoms with Crippen LogP contribution in [0.5, 0.6) is 0 Å². The van der Waals surface area contributed by atoms with Crippen LogP contribution in [-0.2, 0) is 30.8 Å². The number of fused-ring (bicyclic) bond motifs is 1. The van der Waals surface area contributed by atoms with E-state index in [2.05, 4.69) is 49.8 Å². The number of ether oxygens (including phenoxy) is 1. The Morgan fingerprint density at radius 1 is 1.16 bits per heavy atom. The molecule has 1 fully saturated rings. The Hall–Kier alpha value is -4.04. The highest BCUT2D eigenvalue weighted by molar-refractivity contribution is 8.32. The fourth-order valence-electron chi connectivity index (χ4n) is 5.80. The summed E-state index contributed by atoms with van der Waals surface area (Å²) in [7, 11) is -0.638. The van der Waals surface area contributed by atoms with Crippen molar-refractivity contribution in [1.29, 1.82) is 5.26 Å². The summed E-state index contributed by atoms with van der Waals surface area (Å²) in [6, 6.07) is 6.13. The summed E-state index contributed by atoms with van der Waals surface area (Å²) < 4.78 is 49.9. The van der Waals surface area contributed by atoms with E-state index in [1.165, 1.54) is 17.3 Å². The van der Waals surface area contributed by atoms with Crippen LogP contribution in [0.4, 0.5) is 13.2 Å². The van der Waals surface area contributed by atoms with Gasteiger partial charge >= 0.3 is 6.18 Å². The van der Waals surface area contributed by atoms with Gasteiger partial charge in [-0.3, -0.25) is 14.4 Å². The van der Waals surface area contributed by atoms with Gasteiger partial charge in [0.1, 0.15) is 30.1 Å². The van der Waals surface area contributed by atoms with E-state index >= 15 is 0 Å². The van der Waals surface area contributed by atoms with Crippen LogP contribution in [0, 0.1) is 11.3 Å². The molecule has 1 N–H and O–H groups in total. The predicted molar refractivity (Wildman–Crippen MR) is 181 cm³/mol. The number of hydrogen-bond donors (Lipinski definition) is 1. The number of aromatic nitrogens is 6. The van der Waals surface area contributed by atoms with E-state index in [0.29, 0.717) is 58.9 Å². The maximum absolute atomic E-state index is 13.4. The lowest BCUT2D eigenvalue weighted by Crippen LogP contribution is -2.53. The van der Waals surface area contributed by atoms with E-state index in [1.54, 1.807) is 6.20 Å². The van der Waals surface area contributed by atoms with Crippen LogP contribution in [0.1, 0.15) is 41.0 Å². The molecule has 4 aromatic heterocycles. The molecule has 0 aromatic carbocycles. The average molecular weight is 702 g/mol. The molecule has 1 aliphatic rings. The average Bonchev–Trinajstić information content (AvgIpc) is 3.72. The van der Waals surface area contributed by atoms with Gasteiger partial charge in [0.25, 0.3) is 5.91 Å². The maximum Gasteiger partial charge on any atom is 0.433 e. The van der Waals surface area contributed by atoms with Gasteiger partial charge in [-0.25, -0.2) is 25.0 Å². The van der Waals surface area contributed by atoms with Crippen LogP contribution < -0.4 is 0 Å². The van der Waals surface area contributed by atoms with Gasteiger partial charge in [-0.1, -0.05) is 0 Å². The number of piperazine rings is 1. The fraction of sp³-hybridized carbons (Fsp3) is 0.515. The van der Waals surface area contributed by atoms with Crippen LogP contribution in [0.3, 0.4) is 0 Å². The molecule has 1 atom stereocenters. The van der Waals surface area contributed by atoms with Crippen LogP contribution in [-0.4, -0.2) is 113 Å². The SMILES string of the molecule is CS(C)(C)CCOCn1ccc2c(-c3cnn(C[C@H](CCCC#N)N4CCN(C(=O)c5cc(CO)cc(C(F)(F)F)n5)CC4)c3)ncnc21. The first-order valence-corrected chi connectivity index (χ1v) is 19.0. The zero-order chi connectivity index (χ0) is 35.2. The van der Waals surface area contributed by atoms with Gasteiger partial charge in [0.15, 0.2) is 0 Å². The first-order valence-electron chi connectivity index (χ1n) is 16.0.